The van der Waals surface area contributed by atoms with E-state index in [1.807, 2.05) is 0 Å². The number of hydrogen-bond donors (Lipinski definition) is 5. The summed E-state index contributed by atoms with van der Waals surface area (Å²) in [6.07, 6.45) is 3.44. The number of carbonyl (C=O) groups excluding carboxylic acids is 3. The molecular weight excluding hydrogens is 384 g/mol. The fraction of sp³-hybridized carbons (Fsp3) is 0.778. The monoisotopic (exact) mass is 418 g/mol. The molecule has 0 aliphatic heterocycles. The number of unbranched alkanes of at least 4 members (excludes halogenated alkanes) is 4. The van der Waals surface area contributed by atoms with E-state index in [9.17, 15) is 29.6 Å². The molecule has 0 aliphatic rings. The number of carbonyl (C=O) groups is 4. The van der Waals surface area contributed by atoms with Crippen LogP contribution >= 0.6 is 0 Å². The Hall–Kier alpha value is -2.24. The number of hydrogen-bond acceptors (Lipinski definition) is 7. The second-order valence-electron chi connectivity index (χ2n) is 6.69. The molecule has 0 aromatic carbocycles. The number of nitrogens with one attached hydrogen (secondary N) is 1. The Bertz CT molecular complexity index is 516. The number of aliphatic carboxylic acids is 1. The summed E-state index contributed by atoms with van der Waals surface area (Å²) in [4.78, 5) is 45.2. The third-order valence-electron chi connectivity index (χ3n) is 4.14. The molecule has 0 unspecified atom stereocenters. The van der Waals surface area contributed by atoms with Gasteiger partial charge in [0.25, 0.3) is 0 Å². The Balaban J connectivity index is 3.70. The highest BCUT2D eigenvalue weighted by atomic mass is 16.5. The smallest absolute Gasteiger partial charge is 0.303 e. The number of amides is 3. The molecule has 0 aliphatic carbocycles. The van der Waals surface area contributed by atoms with E-state index in [0.29, 0.717) is 48.9 Å². The van der Waals surface area contributed by atoms with Gasteiger partial charge >= 0.3 is 5.97 Å². The van der Waals surface area contributed by atoms with Gasteiger partial charge in [-0.1, -0.05) is 6.42 Å². The number of nitrogens with zero attached hydrogens (tertiary/aromatic N) is 2. The van der Waals surface area contributed by atoms with Crippen LogP contribution in [-0.4, -0.2) is 75.5 Å². The number of carboxylic acid groups (broad SMARTS) is 1. The van der Waals surface area contributed by atoms with Crippen molar-refractivity contribution in [2.45, 2.75) is 64.2 Å². The van der Waals surface area contributed by atoms with Gasteiger partial charge in [0.15, 0.2) is 0 Å². The van der Waals surface area contributed by atoms with E-state index in [2.05, 4.69) is 5.32 Å². The summed E-state index contributed by atoms with van der Waals surface area (Å²) in [7, 11) is 0. The van der Waals surface area contributed by atoms with Gasteiger partial charge < -0.3 is 16.2 Å². The maximum absolute atomic E-state index is 11.7. The van der Waals surface area contributed by atoms with E-state index < -0.39 is 17.8 Å². The molecule has 0 saturated heterocycles. The van der Waals surface area contributed by atoms with Gasteiger partial charge in [-0.05, 0) is 38.6 Å². The summed E-state index contributed by atoms with van der Waals surface area (Å²) in [6, 6.07) is 0. The van der Waals surface area contributed by atoms with E-state index in [1.54, 1.807) is 0 Å². The molecule has 3 amide bonds. The third-order valence-corrected chi connectivity index (χ3v) is 4.14. The van der Waals surface area contributed by atoms with Crippen molar-refractivity contribution in [2.75, 3.05) is 26.2 Å². The lowest BCUT2D eigenvalue weighted by atomic mass is 10.2. The van der Waals surface area contributed by atoms with Crippen LogP contribution in [0.1, 0.15) is 64.2 Å². The van der Waals surface area contributed by atoms with Crippen molar-refractivity contribution < 1.29 is 34.7 Å². The van der Waals surface area contributed by atoms with Crippen LogP contribution in [0.25, 0.3) is 0 Å². The zero-order valence-corrected chi connectivity index (χ0v) is 16.8. The van der Waals surface area contributed by atoms with E-state index in [0.717, 1.165) is 12.8 Å². The van der Waals surface area contributed by atoms with Gasteiger partial charge in [-0.15, -0.1) is 0 Å². The molecule has 0 spiro atoms. The SMILES string of the molecule is NCCCCCN(O)C(=O)CCC(=O)NCCCCCN(O)C(=O)CCC(=O)O. The van der Waals surface area contributed by atoms with Crippen LogP contribution in [0, 0.1) is 0 Å². The summed E-state index contributed by atoms with van der Waals surface area (Å²) < 4.78 is 0. The van der Waals surface area contributed by atoms with E-state index in [4.69, 9.17) is 10.8 Å². The zero-order valence-electron chi connectivity index (χ0n) is 16.8. The average molecular weight is 418 g/mol. The Kier molecular flexibility index (Phi) is 15.4. The zero-order chi connectivity index (χ0) is 22.1. The van der Waals surface area contributed by atoms with Crippen molar-refractivity contribution in [1.82, 2.24) is 15.4 Å². The van der Waals surface area contributed by atoms with Crippen molar-refractivity contribution in [3.05, 3.63) is 0 Å². The third kappa shape index (κ3) is 15.4. The molecule has 0 fully saturated rings. The lowest BCUT2D eigenvalue weighted by molar-refractivity contribution is -0.166. The summed E-state index contributed by atoms with van der Waals surface area (Å²) in [5, 5.41) is 31.4. The molecule has 0 saturated carbocycles. The molecule has 0 heterocycles. The first-order chi connectivity index (χ1) is 13.8. The minimum Gasteiger partial charge on any atom is -0.481 e. The average Bonchev–Trinajstić information content (AvgIpc) is 2.69. The summed E-state index contributed by atoms with van der Waals surface area (Å²) in [6.45, 7) is 1.29. The molecule has 168 valence electrons. The van der Waals surface area contributed by atoms with E-state index in [1.165, 1.54) is 0 Å². The number of rotatable bonds is 17. The largest absolute Gasteiger partial charge is 0.481 e. The molecular formula is C18H34N4O7. The predicted octanol–water partition coefficient (Wildman–Crippen LogP) is 0.483. The Morgan fingerprint density at radius 1 is 0.724 bits per heavy atom. The first kappa shape index (κ1) is 26.8. The minimum absolute atomic E-state index is 0.0127. The molecule has 0 atom stereocenters. The normalized spacial score (nSPS) is 10.4. The van der Waals surface area contributed by atoms with Crippen molar-refractivity contribution >= 4 is 23.7 Å². The number of hydroxylamine groups is 4. The van der Waals surface area contributed by atoms with Gasteiger partial charge in [0.1, 0.15) is 0 Å². The quantitative estimate of drug-likeness (QED) is 0.129. The highest BCUT2D eigenvalue weighted by molar-refractivity contribution is 5.83. The molecule has 0 aromatic rings. The molecule has 11 heteroatoms. The number of carboxylic acids is 1. The fourth-order valence-corrected chi connectivity index (χ4v) is 2.40. The standard InChI is InChI=1S/C18H34N4O7/c19-11-3-1-5-13-21(28)16(24)8-7-15(23)20-12-4-2-6-14-22(29)17(25)9-10-18(26)27/h28-29H,1-14,19H2,(H,20,23)(H,26,27). The van der Waals surface area contributed by atoms with Crippen LogP contribution in [0.4, 0.5) is 0 Å². The maximum Gasteiger partial charge on any atom is 0.303 e. The highest BCUT2D eigenvalue weighted by Crippen LogP contribution is 2.02. The molecule has 11 nitrogen and oxygen atoms in total. The highest BCUT2D eigenvalue weighted by Gasteiger charge is 2.13. The van der Waals surface area contributed by atoms with Crippen LogP contribution in [0.15, 0.2) is 0 Å². The molecule has 29 heavy (non-hydrogen) atoms. The van der Waals surface area contributed by atoms with Crippen LogP contribution in [0.2, 0.25) is 0 Å². The topological polar surface area (TPSA) is 173 Å². The van der Waals surface area contributed by atoms with Crippen molar-refractivity contribution in [1.29, 1.82) is 0 Å². The lowest BCUT2D eigenvalue weighted by Crippen LogP contribution is -2.31. The second kappa shape index (κ2) is 16.7. The van der Waals surface area contributed by atoms with Crippen LogP contribution in [0.5, 0.6) is 0 Å². The first-order valence-corrected chi connectivity index (χ1v) is 9.95. The minimum atomic E-state index is -1.10. The van der Waals surface area contributed by atoms with Crippen LogP contribution in [-0.2, 0) is 19.2 Å². The summed E-state index contributed by atoms with van der Waals surface area (Å²) >= 11 is 0. The van der Waals surface area contributed by atoms with Gasteiger partial charge in [-0.2, -0.15) is 0 Å². The molecule has 0 radical (unpaired) electrons. The predicted molar refractivity (Wildman–Crippen MR) is 103 cm³/mol. The van der Waals surface area contributed by atoms with Crippen molar-refractivity contribution in [3.63, 3.8) is 0 Å². The molecule has 0 aromatic heterocycles. The van der Waals surface area contributed by atoms with Gasteiger partial charge in [-0.3, -0.25) is 29.6 Å². The Morgan fingerprint density at radius 3 is 1.76 bits per heavy atom. The Morgan fingerprint density at radius 2 is 1.24 bits per heavy atom. The van der Waals surface area contributed by atoms with E-state index in [-0.39, 0.29) is 44.7 Å². The lowest BCUT2D eigenvalue weighted by Gasteiger charge is -2.15. The van der Waals surface area contributed by atoms with Crippen molar-refractivity contribution in [2.24, 2.45) is 5.73 Å². The maximum atomic E-state index is 11.7. The van der Waals surface area contributed by atoms with Gasteiger partial charge in [0.2, 0.25) is 17.7 Å². The first-order valence-electron chi connectivity index (χ1n) is 9.95. The Labute approximate surface area is 170 Å². The van der Waals surface area contributed by atoms with Crippen LogP contribution < -0.4 is 11.1 Å². The molecule has 6 N–H and O–H groups in total. The van der Waals surface area contributed by atoms with Gasteiger partial charge in [0.05, 0.1) is 6.42 Å². The second-order valence-corrected chi connectivity index (χ2v) is 6.69. The van der Waals surface area contributed by atoms with Crippen LogP contribution in [0.3, 0.4) is 0 Å². The summed E-state index contributed by atoms with van der Waals surface area (Å²) in [5.74, 6) is -2.52. The van der Waals surface area contributed by atoms with Gasteiger partial charge in [0, 0.05) is 38.9 Å². The summed E-state index contributed by atoms with van der Waals surface area (Å²) in [5.41, 5.74) is 5.37. The van der Waals surface area contributed by atoms with Crippen molar-refractivity contribution in [3.8, 4) is 0 Å². The number of nitrogens with two attached hydrogens (primary N) is 1. The fourth-order valence-electron chi connectivity index (χ4n) is 2.40. The molecule has 0 bridgehead atoms. The molecule has 0 rings (SSSR count). The van der Waals surface area contributed by atoms with Gasteiger partial charge in [-0.25, -0.2) is 10.1 Å². The van der Waals surface area contributed by atoms with E-state index >= 15 is 0 Å².